The van der Waals surface area contributed by atoms with E-state index in [1.807, 2.05) is 73.0 Å². The summed E-state index contributed by atoms with van der Waals surface area (Å²) < 4.78 is 3.12. The van der Waals surface area contributed by atoms with E-state index in [1.165, 1.54) is 4.68 Å². The van der Waals surface area contributed by atoms with E-state index in [2.05, 4.69) is 10.4 Å². The average molecular weight is 374 g/mol. The first-order valence-corrected chi connectivity index (χ1v) is 9.29. The molecule has 0 unspecified atom stereocenters. The molecule has 2 heterocycles. The minimum atomic E-state index is -0.552. The Morgan fingerprint density at radius 3 is 2.43 bits per heavy atom. The van der Waals surface area contributed by atoms with E-state index < -0.39 is 6.04 Å². The largest absolute Gasteiger partial charge is 0.348 e. The van der Waals surface area contributed by atoms with Crippen LogP contribution in [0.1, 0.15) is 31.5 Å². The SMILES string of the molecule is C[C@H](NC(=O)[C@H](C)n1c2ccccc2c2cnn(C)c(=O)c21)c1ccccc1. The molecule has 0 aliphatic carbocycles. The van der Waals surface area contributed by atoms with Crippen LogP contribution in [0.3, 0.4) is 0 Å². The fraction of sp³-hybridized carbons (Fsp3) is 0.227. The molecule has 142 valence electrons. The second-order valence-corrected chi connectivity index (χ2v) is 7.04. The molecule has 0 radical (unpaired) electrons. The van der Waals surface area contributed by atoms with Crippen molar-refractivity contribution >= 4 is 27.7 Å². The van der Waals surface area contributed by atoms with Gasteiger partial charge in [0.2, 0.25) is 5.91 Å². The highest BCUT2D eigenvalue weighted by Gasteiger charge is 2.24. The van der Waals surface area contributed by atoms with E-state index in [9.17, 15) is 9.59 Å². The van der Waals surface area contributed by atoms with Crippen LogP contribution in [-0.4, -0.2) is 20.3 Å². The molecule has 1 amide bonds. The number of rotatable bonds is 4. The number of aryl methyl sites for hydroxylation is 1. The van der Waals surface area contributed by atoms with Crippen LogP contribution in [-0.2, 0) is 11.8 Å². The minimum Gasteiger partial charge on any atom is -0.348 e. The minimum absolute atomic E-state index is 0.131. The number of carbonyl (C=O) groups is 1. The Morgan fingerprint density at radius 2 is 1.68 bits per heavy atom. The summed E-state index contributed by atoms with van der Waals surface area (Å²) in [6.45, 7) is 3.77. The van der Waals surface area contributed by atoms with E-state index in [0.29, 0.717) is 5.52 Å². The van der Waals surface area contributed by atoms with Crippen LogP contribution < -0.4 is 10.9 Å². The number of hydrogen-bond donors (Lipinski definition) is 1. The summed E-state index contributed by atoms with van der Waals surface area (Å²) in [7, 11) is 1.62. The molecular formula is C22H22N4O2. The average Bonchev–Trinajstić information content (AvgIpc) is 3.05. The molecule has 0 aliphatic heterocycles. The Hall–Kier alpha value is -3.41. The number of amides is 1. The third-order valence-corrected chi connectivity index (χ3v) is 5.23. The Labute approximate surface area is 162 Å². The van der Waals surface area contributed by atoms with Gasteiger partial charge in [0.1, 0.15) is 11.6 Å². The maximum atomic E-state index is 13.1. The predicted molar refractivity (Wildman–Crippen MR) is 110 cm³/mol. The van der Waals surface area contributed by atoms with Crippen LogP contribution in [0.5, 0.6) is 0 Å². The van der Waals surface area contributed by atoms with Crippen LogP contribution in [0, 0.1) is 0 Å². The quantitative estimate of drug-likeness (QED) is 0.596. The van der Waals surface area contributed by atoms with Crippen LogP contribution in [0.15, 0.2) is 65.6 Å². The number of benzene rings is 2. The van der Waals surface area contributed by atoms with Gasteiger partial charge in [-0.15, -0.1) is 0 Å². The maximum absolute atomic E-state index is 13.1. The highest BCUT2D eigenvalue weighted by molar-refractivity contribution is 6.08. The van der Waals surface area contributed by atoms with Crippen LogP contribution in [0.2, 0.25) is 0 Å². The van der Waals surface area contributed by atoms with E-state index in [-0.39, 0.29) is 17.5 Å². The molecular weight excluding hydrogens is 352 g/mol. The van der Waals surface area contributed by atoms with Gasteiger partial charge in [-0.25, -0.2) is 4.68 Å². The molecule has 6 heteroatoms. The zero-order chi connectivity index (χ0) is 19.8. The van der Waals surface area contributed by atoms with Crippen molar-refractivity contribution in [3.8, 4) is 0 Å². The van der Waals surface area contributed by atoms with Gasteiger partial charge in [0.25, 0.3) is 5.56 Å². The first kappa shape index (κ1) is 18.0. The van der Waals surface area contributed by atoms with Crippen LogP contribution in [0.4, 0.5) is 0 Å². The molecule has 1 N–H and O–H groups in total. The molecule has 0 bridgehead atoms. The molecule has 28 heavy (non-hydrogen) atoms. The molecule has 4 aromatic rings. The van der Waals surface area contributed by atoms with Gasteiger partial charge < -0.3 is 9.88 Å². The summed E-state index contributed by atoms with van der Waals surface area (Å²) in [5.74, 6) is -0.141. The molecule has 6 nitrogen and oxygen atoms in total. The van der Waals surface area contributed by atoms with Crippen LogP contribution >= 0.6 is 0 Å². The molecule has 2 atom stereocenters. The lowest BCUT2D eigenvalue weighted by Crippen LogP contribution is -2.34. The molecule has 0 aliphatic rings. The zero-order valence-electron chi connectivity index (χ0n) is 16.1. The van der Waals surface area contributed by atoms with Crippen molar-refractivity contribution in [2.24, 2.45) is 7.05 Å². The second kappa shape index (κ2) is 6.96. The lowest BCUT2D eigenvalue weighted by molar-refractivity contribution is -0.124. The molecule has 2 aromatic carbocycles. The number of para-hydroxylation sites is 1. The second-order valence-electron chi connectivity index (χ2n) is 7.04. The number of nitrogens with zero attached hydrogens (tertiary/aromatic N) is 3. The van der Waals surface area contributed by atoms with Gasteiger partial charge in [-0.2, -0.15) is 5.10 Å². The Bertz CT molecular complexity index is 1220. The van der Waals surface area contributed by atoms with Crippen molar-refractivity contribution in [2.45, 2.75) is 25.9 Å². The summed E-state index contributed by atoms with van der Waals surface area (Å²) >= 11 is 0. The maximum Gasteiger partial charge on any atom is 0.291 e. The van der Waals surface area contributed by atoms with Gasteiger partial charge in [-0.3, -0.25) is 9.59 Å². The fourth-order valence-corrected chi connectivity index (χ4v) is 3.67. The Balaban J connectivity index is 1.80. The smallest absolute Gasteiger partial charge is 0.291 e. The highest BCUT2D eigenvalue weighted by Crippen LogP contribution is 2.29. The van der Waals surface area contributed by atoms with E-state index >= 15 is 0 Å². The number of carbonyl (C=O) groups excluding carboxylic acids is 1. The topological polar surface area (TPSA) is 68.9 Å². The van der Waals surface area contributed by atoms with Gasteiger partial charge in [0.15, 0.2) is 0 Å². The lowest BCUT2D eigenvalue weighted by atomic mass is 10.1. The number of aromatic nitrogens is 3. The van der Waals surface area contributed by atoms with Crippen molar-refractivity contribution in [2.75, 3.05) is 0 Å². The van der Waals surface area contributed by atoms with Gasteiger partial charge in [0, 0.05) is 17.8 Å². The summed E-state index contributed by atoms with van der Waals surface area (Å²) in [5, 5.41) is 8.89. The van der Waals surface area contributed by atoms with Gasteiger partial charge in [-0.1, -0.05) is 48.5 Å². The summed E-state index contributed by atoms with van der Waals surface area (Å²) in [6, 6.07) is 16.8. The normalized spacial score (nSPS) is 13.5. The standard InChI is InChI=1S/C22H22N4O2/c1-14(16-9-5-4-6-10-16)24-21(27)15(2)26-19-12-8-7-11-17(19)18-13-23-25(3)22(28)20(18)26/h4-15H,1-3H3,(H,24,27)/t14-,15-/m0/s1. The molecule has 0 saturated carbocycles. The molecule has 0 spiro atoms. The number of hydrogen-bond acceptors (Lipinski definition) is 3. The predicted octanol–water partition coefficient (Wildman–Crippen LogP) is 3.33. The number of fused-ring (bicyclic) bond motifs is 3. The Morgan fingerprint density at radius 1 is 1.00 bits per heavy atom. The monoisotopic (exact) mass is 374 g/mol. The van der Waals surface area contributed by atoms with Crippen LogP contribution in [0.25, 0.3) is 21.8 Å². The first-order chi connectivity index (χ1) is 13.5. The first-order valence-electron chi connectivity index (χ1n) is 9.29. The van der Waals surface area contributed by atoms with Gasteiger partial charge in [-0.05, 0) is 25.5 Å². The fourth-order valence-electron chi connectivity index (χ4n) is 3.67. The van der Waals surface area contributed by atoms with Crippen molar-refractivity contribution in [1.82, 2.24) is 19.7 Å². The Kier molecular flexibility index (Phi) is 4.47. The van der Waals surface area contributed by atoms with E-state index in [0.717, 1.165) is 21.9 Å². The zero-order valence-corrected chi connectivity index (χ0v) is 16.1. The lowest BCUT2D eigenvalue weighted by Gasteiger charge is -2.20. The molecule has 0 fully saturated rings. The van der Waals surface area contributed by atoms with Gasteiger partial charge in [0.05, 0.1) is 17.8 Å². The molecule has 2 aromatic heterocycles. The van der Waals surface area contributed by atoms with Crippen molar-refractivity contribution in [1.29, 1.82) is 0 Å². The molecule has 0 saturated heterocycles. The molecule has 4 rings (SSSR count). The van der Waals surface area contributed by atoms with Crippen molar-refractivity contribution in [3.63, 3.8) is 0 Å². The summed E-state index contributed by atoms with van der Waals surface area (Å²) in [6.07, 6.45) is 1.69. The van der Waals surface area contributed by atoms with E-state index in [4.69, 9.17) is 0 Å². The van der Waals surface area contributed by atoms with Gasteiger partial charge >= 0.3 is 0 Å². The van der Waals surface area contributed by atoms with Crippen molar-refractivity contribution in [3.05, 3.63) is 76.7 Å². The summed E-state index contributed by atoms with van der Waals surface area (Å²) in [4.78, 5) is 25.9. The third-order valence-electron chi connectivity index (χ3n) is 5.23. The third kappa shape index (κ3) is 2.87. The summed E-state index contributed by atoms with van der Waals surface area (Å²) in [5.41, 5.74) is 2.15. The van der Waals surface area contributed by atoms with Crippen molar-refractivity contribution < 1.29 is 4.79 Å². The van der Waals surface area contributed by atoms with E-state index in [1.54, 1.807) is 13.2 Å². The highest BCUT2D eigenvalue weighted by atomic mass is 16.2. The number of nitrogens with one attached hydrogen (secondary N) is 1.